The number of anilines is 2. The van der Waals surface area contributed by atoms with E-state index >= 15 is 0 Å². The summed E-state index contributed by atoms with van der Waals surface area (Å²) in [5.74, 6) is -0.464. The minimum Gasteiger partial charge on any atom is -0.358 e. The van der Waals surface area contributed by atoms with Crippen molar-refractivity contribution in [3.05, 3.63) is 59.0 Å². The standard InChI is InChI=1S/C21H20FN3O2/c1-12-17(18-10-15(22)3-5-19(18)23-12)11-21(27)24-16-4-6-20-14(9-16)7-8-25(20)13(2)26/h3-6,9-10,23H,7-8,11H2,1-2H3,(H,24,27). The molecule has 6 heteroatoms. The van der Waals surface area contributed by atoms with Gasteiger partial charge in [0.05, 0.1) is 6.42 Å². The van der Waals surface area contributed by atoms with E-state index in [2.05, 4.69) is 10.3 Å². The number of aromatic nitrogens is 1. The second-order valence-corrected chi connectivity index (χ2v) is 6.91. The number of carbonyl (C=O) groups excluding carboxylic acids is 2. The first kappa shape index (κ1) is 17.3. The quantitative estimate of drug-likeness (QED) is 0.743. The summed E-state index contributed by atoms with van der Waals surface area (Å²) in [5, 5.41) is 3.64. The fourth-order valence-corrected chi connectivity index (χ4v) is 3.75. The zero-order valence-corrected chi connectivity index (χ0v) is 15.2. The van der Waals surface area contributed by atoms with E-state index < -0.39 is 0 Å². The van der Waals surface area contributed by atoms with Gasteiger partial charge in [-0.1, -0.05) is 0 Å². The van der Waals surface area contributed by atoms with E-state index in [0.29, 0.717) is 12.2 Å². The lowest BCUT2D eigenvalue weighted by Gasteiger charge is -2.15. The number of aryl methyl sites for hydroxylation is 1. The molecule has 1 aromatic heterocycles. The Labute approximate surface area is 156 Å². The Morgan fingerprint density at radius 3 is 2.81 bits per heavy atom. The maximum absolute atomic E-state index is 13.6. The Kier molecular flexibility index (Phi) is 4.18. The maximum Gasteiger partial charge on any atom is 0.228 e. The van der Waals surface area contributed by atoms with E-state index in [1.165, 1.54) is 12.1 Å². The Balaban J connectivity index is 1.53. The van der Waals surface area contributed by atoms with Crippen molar-refractivity contribution in [1.82, 2.24) is 4.98 Å². The number of nitrogens with one attached hydrogen (secondary N) is 2. The number of amides is 2. The number of carbonyl (C=O) groups is 2. The highest BCUT2D eigenvalue weighted by atomic mass is 19.1. The first-order valence-electron chi connectivity index (χ1n) is 8.90. The number of nitrogens with zero attached hydrogens (tertiary/aromatic N) is 1. The fourth-order valence-electron chi connectivity index (χ4n) is 3.75. The van der Waals surface area contributed by atoms with Crippen molar-refractivity contribution in [2.75, 3.05) is 16.8 Å². The first-order chi connectivity index (χ1) is 12.9. The number of aromatic amines is 1. The van der Waals surface area contributed by atoms with Gasteiger partial charge in [-0.3, -0.25) is 9.59 Å². The van der Waals surface area contributed by atoms with Crippen molar-refractivity contribution in [3.63, 3.8) is 0 Å². The van der Waals surface area contributed by atoms with Gasteiger partial charge in [0.15, 0.2) is 0 Å². The van der Waals surface area contributed by atoms with Gasteiger partial charge in [0, 0.05) is 41.4 Å². The van der Waals surface area contributed by atoms with Gasteiger partial charge in [-0.2, -0.15) is 0 Å². The van der Waals surface area contributed by atoms with Gasteiger partial charge in [-0.25, -0.2) is 4.39 Å². The van der Waals surface area contributed by atoms with E-state index in [9.17, 15) is 14.0 Å². The third-order valence-corrected chi connectivity index (χ3v) is 5.06. The van der Waals surface area contributed by atoms with Crippen molar-refractivity contribution in [2.24, 2.45) is 0 Å². The molecule has 0 atom stereocenters. The average molecular weight is 365 g/mol. The van der Waals surface area contributed by atoms with Crippen molar-refractivity contribution < 1.29 is 14.0 Å². The van der Waals surface area contributed by atoms with Crippen LogP contribution in [-0.2, 0) is 22.4 Å². The molecule has 0 saturated carbocycles. The highest BCUT2D eigenvalue weighted by Crippen LogP contribution is 2.31. The van der Waals surface area contributed by atoms with Crippen molar-refractivity contribution in [3.8, 4) is 0 Å². The Bertz CT molecular complexity index is 1070. The van der Waals surface area contributed by atoms with E-state index in [0.717, 1.165) is 39.8 Å². The van der Waals surface area contributed by atoms with Crippen LogP contribution in [0.3, 0.4) is 0 Å². The second kappa shape index (κ2) is 6.54. The monoisotopic (exact) mass is 365 g/mol. The molecular formula is C21H20FN3O2. The van der Waals surface area contributed by atoms with Crippen LogP contribution in [-0.4, -0.2) is 23.3 Å². The van der Waals surface area contributed by atoms with Gasteiger partial charge in [-0.15, -0.1) is 0 Å². The van der Waals surface area contributed by atoms with Crippen molar-refractivity contribution >= 4 is 34.1 Å². The summed E-state index contributed by atoms with van der Waals surface area (Å²) in [6, 6.07) is 10.1. The average Bonchev–Trinajstić information content (AvgIpc) is 3.16. The van der Waals surface area contributed by atoms with Gasteiger partial charge < -0.3 is 15.2 Å². The SMILES string of the molecule is CC(=O)N1CCc2cc(NC(=O)Cc3c(C)[nH]c4ccc(F)cc34)ccc21. The van der Waals surface area contributed by atoms with Crippen LogP contribution in [0, 0.1) is 12.7 Å². The molecule has 0 bridgehead atoms. The van der Waals surface area contributed by atoms with Crippen LogP contribution in [0.5, 0.6) is 0 Å². The highest BCUT2D eigenvalue weighted by Gasteiger charge is 2.22. The summed E-state index contributed by atoms with van der Waals surface area (Å²) in [5.41, 5.74) is 5.13. The van der Waals surface area contributed by atoms with Crippen LogP contribution < -0.4 is 10.2 Å². The molecule has 138 valence electrons. The molecule has 0 spiro atoms. The smallest absolute Gasteiger partial charge is 0.228 e. The van der Waals surface area contributed by atoms with Gasteiger partial charge in [0.25, 0.3) is 0 Å². The number of benzene rings is 2. The van der Waals surface area contributed by atoms with Crippen LogP contribution in [0.1, 0.15) is 23.7 Å². The summed E-state index contributed by atoms with van der Waals surface area (Å²) >= 11 is 0. The lowest BCUT2D eigenvalue weighted by molar-refractivity contribution is -0.117. The number of halogens is 1. The van der Waals surface area contributed by atoms with E-state index in [-0.39, 0.29) is 24.1 Å². The molecule has 2 aromatic carbocycles. The molecule has 1 aliphatic heterocycles. The molecule has 27 heavy (non-hydrogen) atoms. The summed E-state index contributed by atoms with van der Waals surface area (Å²) in [4.78, 5) is 29.1. The lowest BCUT2D eigenvalue weighted by Crippen LogP contribution is -2.25. The van der Waals surface area contributed by atoms with Gasteiger partial charge in [0.2, 0.25) is 11.8 Å². The zero-order valence-electron chi connectivity index (χ0n) is 15.2. The predicted molar refractivity (Wildman–Crippen MR) is 104 cm³/mol. The molecule has 2 heterocycles. The summed E-state index contributed by atoms with van der Waals surface area (Å²) in [6.07, 6.45) is 0.936. The minimum atomic E-state index is -0.322. The molecule has 1 aliphatic rings. The number of hydrogen-bond donors (Lipinski definition) is 2. The van der Waals surface area contributed by atoms with E-state index in [4.69, 9.17) is 0 Å². The number of H-pyrrole nitrogens is 1. The molecular weight excluding hydrogens is 345 g/mol. The largest absolute Gasteiger partial charge is 0.358 e. The van der Waals surface area contributed by atoms with Gasteiger partial charge in [0.1, 0.15) is 5.82 Å². The molecule has 0 fully saturated rings. The van der Waals surface area contributed by atoms with Crippen LogP contribution in [0.2, 0.25) is 0 Å². The van der Waals surface area contributed by atoms with Crippen molar-refractivity contribution in [2.45, 2.75) is 26.7 Å². The lowest BCUT2D eigenvalue weighted by atomic mass is 10.1. The first-order valence-corrected chi connectivity index (χ1v) is 8.90. The summed E-state index contributed by atoms with van der Waals surface area (Å²) < 4.78 is 13.6. The van der Waals surface area contributed by atoms with Crippen LogP contribution >= 0.6 is 0 Å². The van der Waals surface area contributed by atoms with Crippen LogP contribution in [0.4, 0.5) is 15.8 Å². The molecule has 3 aromatic rings. The highest BCUT2D eigenvalue weighted by molar-refractivity contribution is 5.98. The third kappa shape index (κ3) is 3.18. The van der Waals surface area contributed by atoms with E-state index in [1.54, 1.807) is 24.0 Å². The molecule has 0 radical (unpaired) electrons. The number of rotatable bonds is 3. The summed E-state index contributed by atoms with van der Waals surface area (Å²) in [7, 11) is 0. The predicted octanol–water partition coefficient (Wildman–Crippen LogP) is 3.71. The maximum atomic E-state index is 13.6. The van der Waals surface area contributed by atoms with Crippen LogP contribution in [0.25, 0.3) is 10.9 Å². The molecule has 0 aliphatic carbocycles. The third-order valence-electron chi connectivity index (χ3n) is 5.06. The zero-order chi connectivity index (χ0) is 19.1. The normalized spacial score (nSPS) is 13.1. The number of fused-ring (bicyclic) bond motifs is 2. The molecule has 2 amide bonds. The van der Waals surface area contributed by atoms with Gasteiger partial charge in [-0.05, 0) is 60.9 Å². The molecule has 5 nitrogen and oxygen atoms in total. The topological polar surface area (TPSA) is 65.2 Å². The Hall–Kier alpha value is -3.15. The van der Waals surface area contributed by atoms with E-state index in [1.807, 2.05) is 19.1 Å². The summed E-state index contributed by atoms with van der Waals surface area (Å²) in [6.45, 7) is 4.10. The van der Waals surface area contributed by atoms with Crippen LogP contribution in [0.15, 0.2) is 36.4 Å². The Morgan fingerprint density at radius 2 is 2.04 bits per heavy atom. The molecule has 0 unspecified atom stereocenters. The van der Waals surface area contributed by atoms with Crippen molar-refractivity contribution in [1.29, 1.82) is 0 Å². The molecule has 4 rings (SSSR count). The fraction of sp³-hybridized carbons (Fsp3) is 0.238. The van der Waals surface area contributed by atoms with Gasteiger partial charge >= 0.3 is 0 Å². The molecule has 2 N–H and O–H groups in total. The second-order valence-electron chi connectivity index (χ2n) is 6.91. The number of hydrogen-bond acceptors (Lipinski definition) is 2. The minimum absolute atomic E-state index is 0.0209. The molecule has 0 saturated heterocycles. The Morgan fingerprint density at radius 1 is 1.22 bits per heavy atom.